The molecule has 22 heavy (non-hydrogen) atoms. The summed E-state index contributed by atoms with van der Waals surface area (Å²) in [4.78, 5) is 19.0. The van der Waals surface area contributed by atoms with Crippen LogP contribution in [-0.2, 0) is 11.3 Å². The van der Waals surface area contributed by atoms with E-state index in [0.717, 1.165) is 43.4 Å². The van der Waals surface area contributed by atoms with Gasteiger partial charge >= 0.3 is 0 Å². The summed E-state index contributed by atoms with van der Waals surface area (Å²) < 4.78 is 0. The van der Waals surface area contributed by atoms with Crippen LogP contribution in [0.4, 0.5) is 0 Å². The van der Waals surface area contributed by atoms with Crippen molar-refractivity contribution < 1.29 is 4.79 Å². The maximum Gasteiger partial charge on any atom is 0.238 e. The van der Waals surface area contributed by atoms with Crippen molar-refractivity contribution in [1.82, 2.24) is 20.5 Å². The van der Waals surface area contributed by atoms with Gasteiger partial charge in [0.25, 0.3) is 0 Å². The van der Waals surface area contributed by atoms with Gasteiger partial charge in [0.2, 0.25) is 5.91 Å². The van der Waals surface area contributed by atoms with Crippen LogP contribution in [-0.4, -0.2) is 52.6 Å². The predicted octanol–water partition coefficient (Wildman–Crippen LogP) is 1.07. The molecule has 1 aromatic heterocycles. The van der Waals surface area contributed by atoms with Crippen molar-refractivity contribution in [3.8, 4) is 0 Å². The minimum absolute atomic E-state index is 0.0104. The average molecular weight is 320 g/mol. The minimum atomic E-state index is -0.0104. The summed E-state index contributed by atoms with van der Waals surface area (Å²) in [6.45, 7) is 5.14. The molecule has 0 radical (unpaired) electrons. The normalized spacial score (nSPS) is 29.4. The van der Waals surface area contributed by atoms with Crippen molar-refractivity contribution in [3.63, 3.8) is 0 Å². The van der Waals surface area contributed by atoms with E-state index >= 15 is 0 Å². The van der Waals surface area contributed by atoms with E-state index in [2.05, 4.69) is 33.5 Å². The fourth-order valence-corrected chi connectivity index (χ4v) is 4.10. The predicted molar refractivity (Wildman–Crippen MR) is 89.5 cm³/mol. The summed E-state index contributed by atoms with van der Waals surface area (Å²) in [6.07, 6.45) is 2.86. The fourth-order valence-electron chi connectivity index (χ4n) is 3.16. The van der Waals surface area contributed by atoms with Gasteiger partial charge < -0.3 is 5.32 Å². The Morgan fingerprint density at radius 2 is 2.45 bits per heavy atom. The topological polar surface area (TPSA) is 57.3 Å². The lowest BCUT2D eigenvalue weighted by atomic mass is 9.93. The molecule has 2 saturated heterocycles. The number of aromatic nitrogens is 1. The van der Waals surface area contributed by atoms with Crippen LogP contribution < -0.4 is 10.6 Å². The Kier molecular flexibility index (Phi) is 5.33. The lowest BCUT2D eigenvalue weighted by Gasteiger charge is -2.37. The number of likely N-dealkylation sites (tertiary alicyclic amines) is 1. The molecular formula is C16H24N4OS. The van der Waals surface area contributed by atoms with Crippen molar-refractivity contribution in [2.45, 2.75) is 32.0 Å². The molecule has 3 heterocycles. The molecule has 6 heteroatoms. The van der Waals surface area contributed by atoms with Gasteiger partial charge in [-0.1, -0.05) is 13.0 Å². The first kappa shape index (κ1) is 15.8. The number of rotatable bonds is 4. The molecule has 0 aliphatic carbocycles. The van der Waals surface area contributed by atoms with Crippen LogP contribution in [0.15, 0.2) is 24.4 Å². The van der Waals surface area contributed by atoms with Gasteiger partial charge in [-0.05, 0) is 24.5 Å². The first-order valence-corrected chi connectivity index (χ1v) is 9.11. The van der Waals surface area contributed by atoms with Crippen molar-refractivity contribution in [2.75, 3.05) is 24.7 Å². The van der Waals surface area contributed by atoms with Crippen LogP contribution in [0.25, 0.3) is 0 Å². The number of hydrogen-bond acceptors (Lipinski definition) is 5. The molecule has 1 amide bonds. The van der Waals surface area contributed by atoms with Crippen LogP contribution >= 0.6 is 11.8 Å². The molecule has 5 nitrogen and oxygen atoms in total. The summed E-state index contributed by atoms with van der Waals surface area (Å²) in [7, 11) is 0. The number of nitrogens with zero attached hydrogens (tertiary/aromatic N) is 2. The highest BCUT2D eigenvalue weighted by Gasteiger charge is 2.30. The Hall–Kier alpha value is -1.11. The van der Waals surface area contributed by atoms with Gasteiger partial charge in [0.1, 0.15) is 0 Å². The van der Waals surface area contributed by atoms with Crippen LogP contribution in [0, 0.1) is 5.92 Å². The number of carbonyl (C=O) groups is 1. The van der Waals surface area contributed by atoms with E-state index in [1.165, 1.54) is 0 Å². The van der Waals surface area contributed by atoms with Gasteiger partial charge in [0.15, 0.2) is 0 Å². The number of amides is 1. The third-order valence-corrected chi connectivity index (χ3v) is 5.40. The van der Waals surface area contributed by atoms with Crippen molar-refractivity contribution in [1.29, 1.82) is 0 Å². The summed E-state index contributed by atoms with van der Waals surface area (Å²) in [5.74, 6) is 2.41. The van der Waals surface area contributed by atoms with Gasteiger partial charge in [-0.15, -0.1) is 11.8 Å². The number of pyridine rings is 1. The van der Waals surface area contributed by atoms with Crippen molar-refractivity contribution in [3.05, 3.63) is 30.1 Å². The second-order valence-corrected chi connectivity index (χ2v) is 7.24. The zero-order chi connectivity index (χ0) is 15.4. The molecule has 2 fully saturated rings. The van der Waals surface area contributed by atoms with Crippen LogP contribution in [0.1, 0.15) is 19.0 Å². The number of nitrogens with one attached hydrogen (secondary N) is 2. The van der Waals surface area contributed by atoms with Crippen molar-refractivity contribution in [2.24, 2.45) is 5.92 Å². The molecule has 2 N–H and O–H groups in total. The highest BCUT2D eigenvalue weighted by molar-refractivity contribution is 7.99. The molecule has 1 aromatic rings. The number of hydrogen-bond donors (Lipinski definition) is 2. The molecule has 0 aromatic carbocycles. The van der Waals surface area contributed by atoms with Gasteiger partial charge in [-0.2, -0.15) is 0 Å². The summed E-state index contributed by atoms with van der Waals surface area (Å²) >= 11 is 1.79. The smallest absolute Gasteiger partial charge is 0.238 e. The third kappa shape index (κ3) is 4.00. The molecule has 3 rings (SSSR count). The minimum Gasteiger partial charge on any atom is -0.352 e. The second kappa shape index (κ2) is 7.44. The summed E-state index contributed by atoms with van der Waals surface area (Å²) in [5, 5.41) is 6.47. The Morgan fingerprint density at radius 3 is 3.14 bits per heavy atom. The highest BCUT2D eigenvalue weighted by Crippen LogP contribution is 2.19. The summed E-state index contributed by atoms with van der Waals surface area (Å²) in [5.41, 5.74) is 1.12. The molecule has 2 unspecified atom stereocenters. The van der Waals surface area contributed by atoms with Gasteiger partial charge in [-0.25, -0.2) is 0 Å². The van der Waals surface area contributed by atoms with E-state index in [0.29, 0.717) is 12.0 Å². The van der Waals surface area contributed by atoms with Crippen molar-refractivity contribution >= 4 is 17.7 Å². The van der Waals surface area contributed by atoms with Gasteiger partial charge in [0.05, 0.1) is 11.7 Å². The lowest BCUT2D eigenvalue weighted by Crippen LogP contribution is -2.53. The van der Waals surface area contributed by atoms with Gasteiger partial charge in [0, 0.05) is 43.5 Å². The number of thioether (sulfide) groups is 1. The van der Waals surface area contributed by atoms with Gasteiger partial charge in [-0.3, -0.25) is 20.0 Å². The molecule has 3 atom stereocenters. The lowest BCUT2D eigenvalue weighted by molar-refractivity contribution is -0.123. The largest absolute Gasteiger partial charge is 0.352 e. The molecule has 2 aliphatic heterocycles. The maximum absolute atomic E-state index is 12.2. The zero-order valence-electron chi connectivity index (χ0n) is 13.0. The van der Waals surface area contributed by atoms with E-state index in [9.17, 15) is 4.79 Å². The Labute approximate surface area is 136 Å². The Bertz CT molecular complexity index is 492. The number of piperidine rings is 1. The quantitative estimate of drug-likeness (QED) is 0.869. The fraction of sp³-hybridized carbons (Fsp3) is 0.625. The maximum atomic E-state index is 12.2. The van der Waals surface area contributed by atoms with E-state index < -0.39 is 0 Å². The first-order chi connectivity index (χ1) is 10.7. The SMILES string of the molecule is CC1CN(Cc2ccccn2)CCC1NC(=O)[C@H]1CSCN1. The Morgan fingerprint density at radius 1 is 1.55 bits per heavy atom. The molecular weight excluding hydrogens is 296 g/mol. The van der Waals surface area contributed by atoms with E-state index in [4.69, 9.17) is 0 Å². The number of carbonyl (C=O) groups excluding carboxylic acids is 1. The molecule has 0 bridgehead atoms. The average Bonchev–Trinajstić information content (AvgIpc) is 3.05. The highest BCUT2D eigenvalue weighted by atomic mass is 32.2. The van der Waals surface area contributed by atoms with Crippen LogP contribution in [0.2, 0.25) is 0 Å². The molecule has 120 valence electrons. The van der Waals surface area contributed by atoms with E-state index in [1.54, 1.807) is 11.8 Å². The zero-order valence-corrected chi connectivity index (χ0v) is 13.8. The monoisotopic (exact) mass is 320 g/mol. The molecule has 0 saturated carbocycles. The first-order valence-electron chi connectivity index (χ1n) is 7.96. The van der Waals surface area contributed by atoms with Crippen LogP contribution in [0.5, 0.6) is 0 Å². The molecule has 2 aliphatic rings. The van der Waals surface area contributed by atoms with Crippen LogP contribution in [0.3, 0.4) is 0 Å². The third-order valence-electron chi connectivity index (χ3n) is 4.46. The Balaban J connectivity index is 1.48. The van der Waals surface area contributed by atoms with E-state index in [-0.39, 0.29) is 11.9 Å². The van der Waals surface area contributed by atoms with E-state index in [1.807, 2.05) is 18.3 Å². The summed E-state index contributed by atoms with van der Waals surface area (Å²) in [6, 6.07) is 6.33. The standard InChI is InChI=1S/C16H24N4OS/c1-12-8-20(9-13-4-2-3-6-17-13)7-5-14(12)19-16(21)15-10-22-11-18-15/h2-4,6,12,14-15,18H,5,7-11H2,1H3,(H,19,21)/t12?,14?,15-/m1/s1. The second-order valence-electron chi connectivity index (χ2n) is 6.21. The molecule has 0 spiro atoms.